The van der Waals surface area contributed by atoms with Gasteiger partial charge in [0, 0.05) is 13.2 Å². The molecule has 21 heavy (non-hydrogen) atoms. The number of ether oxygens (including phenoxy) is 1. The van der Waals surface area contributed by atoms with Gasteiger partial charge in [-0.15, -0.1) is 12.4 Å². The normalized spacial score (nSPS) is 14.0. The highest BCUT2D eigenvalue weighted by Gasteiger charge is 2.23. The third-order valence-electron chi connectivity index (χ3n) is 3.37. The summed E-state index contributed by atoms with van der Waals surface area (Å²) >= 11 is 0. The monoisotopic (exact) mass is 314 g/mol. The number of nitrogens with one attached hydrogen (secondary N) is 1. The number of hydrogen-bond acceptors (Lipinski definition) is 3. The summed E-state index contributed by atoms with van der Waals surface area (Å²) in [6.45, 7) is 5.97. The van der Waals surface area contributed by atoms with Crippen LogP contribution in [-0.2, 0) is 16.0 Å². The van der Waals surface area contributed by atoms with Crippen LogP contribution in [0.15, 0.2) is 30.3 Å². The highest BCUT2D eigenvalue weighted by Crippen LogP contribution is 2.15. The molecule has 0 heterocycles. The first-order valence-corrected chi connectivity index (χ1v) is 6.99. The maximum Gasteiger partial charge on any atom is 0.237 e. The Morgan fingerprint density at radius 1 is 1.33 bits per heavy atom. The first-order chi connectivity index (χ1) is 9.34. The van der Waals surface area contributed by atoms with Crippen LogP contribution in [0.3, 0.4) is 0 Å². The number of rotatable bonds is 7. The van der Waals surface area contributed by atoms with E-state index in [1.165, 1.54) is 0 Å². The molecule has 0 spiro atoms. The van der Waals surface area contributed by atoms with E-state index in [-0.39, 0.29) is 30.0 Å². The molecule has 0 saturated carbocycles. The Labute approximate surface area is 133 Å². The number of carbonyl (C=O) groups excluding carboxylic acids is 1. The molecule has 0 aliphatic heterocycles. The molecule has 0 aliphatic rings. The third-order valence-corrected chi connectivity index (χ3v) is 3.37. The molecule has 1 rings (SSSR count). The molecule has 0 saturated heterocycles. The van der Waals surface area contributed by atoms with E-state index < -0.39 is 6.04 Å². The Bertz CT molecular complexity index is 424. The lowest BCUT2D eigenvalue weighted by Gasteiger charge is -2.27. The number of methoxy groups -OCH3 is 1. The Hall–Kier alpha value is -1.10. The Kier molecular flexibility index (Phi) is 8.55. The van der Waals surface area contributed by atoms with Crippen LogP contribution in [0.1, 0.15) is 32.8 Å². The summed E-state index contributed by atoms with van der Waals surface area (Å²) < 4.78 is 5.36. The van der Waals surface area contributed by atoms with Crippen LogP contribution in [0.2, 0.25) is 0 Å². The second-order valence-corrected chi connectivity index (χ2v) is 5.87. The summed E-state index contributed by atoms with van der Waals surface area (Å²) in [7, 11) is 1.68. The predicted molar refractivity (Wildman–Crippen MR) is 88.7 cm³/mol. The zero-order valence-corrected chi connectivity index (χ0v) is 14.1. The maximum atomic E-state index is 12.1. The van der Waals surface area contributed by atoms with Gasteiger partial charge in [-0.3, -0.25) is 4.79 Å². The number of nitrogens with two attached hydrogens (primary N) is 1. The molecule has 120 valence electrons. The van der Waals surface area contributed by atoms with Crippen molar-refractivity contribution in [2.45, 2.75) is 51.3 Å². The minimum atomic E-state index is -0.523. The molecular formula is C16H27ClN2O2. The molecular weight excluding hydrogens is 288 g/mol. The largest absolute Gasteiger partial charge is 0.379 e. The van der Waals surface area contributed by atoms with E-state index in [1.807, 2.05) is 51.1 Å². The van der Waals surface area contributed by atoms with Gasteiger partial charge in [0.15, 0.2) is 0 Å². The molecule has 0 fully saturated rings. The number of hydrogen-bond donors (Lipinski definition) is 2. The number of amides is 1. The Morgan fingerprint density at radius 2 is 1.90 bits per heavy atom. The van der Waals surface area contributed by atoms with Crippen LogP contribution in [0, 0.1) is 0 Å². The fourth-order valence-corrected chi connectivity index (χ4v) is 2.18. The van der Waals surface area contributed by atoms with Gasteiger partial charge >= 0.3 is 0 Å². The van der Waals surface area contributed by atoms with Gasteiger partial charge in [0.1, 0.15) is 0 Å². The Morgan fingerprint density at radius 3 is 2.43 bits per heavy atom. The van der Waals surface area contributed by atoms with Crippen molar-refractivity contribution in [3.63, 3.8) is 0 Å². The van der Waals surface area contributed by atoms with E-state index in [0.29, 0.717) is 6.42 Å². The summed E-state index contributed by atoms with van der Waals surface area (Å²) in [6, 6.07) is 9.30. The first kappa shape index (κ1) is 19.9. The van der Waals surface area contributed by atoms with Crippen LogP contribution in [0.5, 0.6) is 0 Å². The fraction of sp³-hybridized carbons (Fsp3) is 0.562. The lowest BCUT2D eigenvalue weighted by molar-refractivity contribution is -0.123. The molecule has 5 heteroatoms. The SMILES string of the molecule is COC(C)(C)CC(C)NC(=O)[C@@H](N)Cc1ccccc1.Cl. The van der Waals surface area contributed by atoms with Crippen molar-refractivity contribution in [1.29, 1.82) is 0 Å². The lowest BCUT2D eigenvalue weighted by atomic mass is 9.99. The number of benzene rings is 1. The fourth-order valence-electron chi connectivity index (χ4n) is 2.18. The molecule has 1 aromatic carbocycles. The minimum Gasteiger partial charge on any atom is -0.379 e. The van der Waals surface area contributed by atoms with Crippen molar-refractivity contribution in [2.24, 2.45) is 5.73 Å². The summed E-state index contributed by atoms with van der Waals surface area (Å²) in [5.74, 6) is -0.117. The molecule has 2 atom stereocenters. The van der Waals surface area contributed by atoms with E-state index in [9.17, 15) is 4.79 Å². The maximum absolute atomic E-state index is 12.1. The van der Waals surface area contributed by atoms with Crippen molar-refractivity contribution in [3.8, 4) is 0 Å². The van der Waals surface area contributed by atoms with Crippen LogP contribution < -0.4 is 11.1 Å². The van der Waals surface area contributed by atoms with Crippen molar-refractivity contribution in [1.82, 2.24) is 5.32 Å². The van der Waals surface area contributed by atoms with Gasteiger partial charge < -0.3 is 15.8 Å². The molecule has 0 aromatic heterocycles. The van der Waals surface area contributed by atoms with E-state index in [0.717, 1.165) is 12.0 Å². The van der Waals surface area contributed by atoms with Gasteiger partial charge in [-0.1, -0.05) is 30.3 Å². The summed E-state index contributed by atoms with van der Waals surface area (Å²) in [4.78, 5) is 12.1. The zero-order valence-electron chi connectivity index (χ0n) is 13.3. The molecule has 0 aliphatic carbocycles. The van der Waals surface area contributed by atoms with Crippen LogP contribution >= 0.6 is 12.4 Å². The number of carbonyl (C=O) groups is 1. The molecule has 1 aromatic rings. The average Bonchev–Trinajstić information content (AvgIpc) is 2.39. The summed E-state index contributed by atoms with van der Waals surface area (Å²) in [6.07, 6.45) is 1.29. The highest BCUT2D eigenvalue weighted by molar-refractivity contribution is 5.85. The zero-order chi connectivity index (χ0) is 15.2. The quantitative estimate of drug-likeness (QED) is 0.811. The topological polar surface area (TPSA) is 64.3 Å². The van der Waals surface area contributed by atoms with E-state index in [4.69, 9.17) is 10.5 Å². The predicted octanol–water partition coefficient (Wildman–Crippen LogP) is 2.30. The summed E-state index contributed by atoms with van der Waals surface area (Å²) in [5, 5.41) is 2.95. The first-order valence-electron chi connectivity index (χ1n) is 6.99. The van der Waals surface area contributed by atoms with Crippen molar-refractivity contribution >= 4 is 18.3 Å². The smallest absolute Gasteiger partial charge is 0.237 e. The van der Waals surface area contributed by atoms with Gasteiger partial charge in [-0.2, -0.15) is 0 Å². The third kappa shape index (κ3) is 7.46. The second-order valence-electron chi connectivity index (χ2n) is 5.87. The molecule has 0 bridgehead atoms. The van der Waals surface area contributed by atoms with Crippen LogP contribution in [0.25, 0.3) is 0 Å². The highest BCUT2D eigenvalue weighted by atomic mass is 35.5. The standard InChI is InChI=1S/C16H26N2O2.ClH/c1-12(11-16(2,3)20-4)18-15(19)14(17)10-13-8-6-5-7-9-13;/h5-9,12,14H,10-11,17H2,1-4H3,(H,18,19);1H/t12?,14-;/m0./s1. The second kappa shape index (κ2) is 9.03. The van der Waals surface area contributed by atoms with Crippen LogP contribution in [-0.4, -0.2) is 30.7 Å². The van der Waals surface area contributed by atoms with Gasteiger partial charge in [0.25, 0.3) is 0 Å². The summed E-state index contributed by atoms with van der Waals surface area (Å²) in [5.41, 5.74) is 6.77. The molecule has 3 N–H and O–H groups in total. The van der Waals surface area contributed by atoms with Crippen molar-refractivity contribution in [3.05, 3.63) is 35.9 Å². The van der Waals surface area contributed by atoms with Gasteiger partial charge in [0.05, 0.1) is 11.6 Å². The molecule has 1 unspecified atom stereocenters. The molecule has 1 amide bonds. The number of halogens is 1. The average molecular weight is 315 g/mol. The minimum absolute atomic E-state index is 0. The molecule has 0 radical (unpaired) electrons. The lowest BCUT2D eigenvalue weighted by Crippen LogP contribution is -2.47. The van der Waals surface area contributed by atoms with E-state index in [2.05, 4.69) is 5.32 Å². The van der Waals surface area contributed by atoms with Gasteiger partial charge in [-0.05, 0) is 39.2 Å². The molecule has 4 nitrogen and oxygen atoms in total. The van der Waals surface area contributed by atoms with Gasteiger partial charge in [-0.25, -0.2) is 0 Å². The van der Waals surface area contributed by atoms with E-state index >= 15 is 0 Å². The van der Waals surface area contributed by atoms with Crippen LogP contribution in [0.4, 0.5) is 0 Å². The van der Waals surface area contributed by atoms with E-state index in [1.54, 1.807) is 7.11 Å². The van der Waals surface area contributed by atoms with Gasteiger partial charge in [0.2, 0.25) is 5.91 Å². The Balaban J connectivity index is 0.00000400. The van der Waals surface area contributed by atoms with Crippen molar-refractivity contribution in [2.75, 3.05) is 7.11 Å². The van der Waals surface area contributed by atoms with Crippen molar-refractivity contribution < 1.29 is 9.53 Å².